The summed E-state index contributed by atoms with van der Waals surface area (Å²) in [7, 11) is 0. The number of carbonyl (C=O) groups excluding carboxylic acids is 2. The van der Waals surface area contributed by atoms with Crippen molar-refractivity contribution in [3.05, 3.63) is 83.9 Å². The summed E-state index contributed by atoms with van der Waals surface area (Å²) in [4.78, 5) is 31.5. The summed E-state index contributed by atoms with van der Waals surface area (Å²) in [5.74, 6) is -0.145. The van der Waals surface area contributed by atoms with Crippen molar-refractivity contribution in [2.75, 3.05) is 0 Å². The predicted octanol–water partition coefficient (Wildman–Crippen LogP) is 7.57. The molecule has 0 spiro atoms. The minimum atomic E-state index is -0.556. The number of Topliss-reactive ketones (excluding diaryl/α,β-unsaturated/α-hetero) is 1. The monoisotopic (exact) mass is 480 g/mol. The zero-order valence-corrected chi connectivity index (χ0v) is 20.8. The maximum Gasteiger partial charge on any atom is 0.365 e. The molecule has 0 N–H and O–H groups in total. The largest absolute Gasteiger partial charge is 0.365 e. The van der Waals surface area contributed by atoms with Crippen molar-refractivity contribution in [1.82, 2.24) is 4.57 Å². The lowest BCUT2D eigenvalue weighted by molar-refractivity contribution is 0.0514. The summed E-state index contributed by atoms with van der Waals surface area (Å²) in [6.07, 6.45) is 7.53. The highest BCUT2D eigenvalue weighted by Crippen LogP contribution is 2.31. The first-order valence-corrected chi connectivity index (χ1v) is 13.0. The van der Waals surface area contributed by atoms with Gasteiger partial charge in [-0.3, -0.25) is 4.79 Å². The molecule has 0 atom stereocenters. The normalized spacial score (nSPS) is 14.9. The minimum absolute atomic E-state index is 0.179. The zero-order valence-electron chi connectivity index (χ0n) is 20.8. The van der Waals surface area contributed by atoms with Gasteiger partial charge in [-0.25, -0.2) is 4.79 Å². The number of aryl methyl sites for hydroxylation is 1. The van der Waals surface area contributed by atoms with Crippen LogP contribution in [0.25, 0.3) is 21.8 Å². The lowest BCUT2D eigenvalue weighted by Crippen LogP contribution is -2.18. The van der Waals surface area contributed by atoms with Crippen molar-refractivity contribution >= 4 is 39.3 Å². The van der Waals surface area contributed by atoms with Gasteiger partial charge in [0, 0.05) is 33.9 Å². The number of carbonyl (C=O) groups is 2. The number of rotatable bonds is 8. The van der Waals surface area contributed by atoms with Gasteiger partial charge in [0.1, 0.15) is 5.71 Å². The highest BCUT2D eigenvalue weighted by atomic mass is 16.7. The Morgan fingerprint density at radius 2 is 1.58 bits per heavy atom. The van der Waals surface area contributed by atoms with E-state index in [2.05, 4.69) is 28.8 Å². The lowest BCUT2D eigenvalue weighted by atomic mass is 9.85. The van der Waals surface area contributed by atoms with Gasteiger partial charge in [-0.1, -0.05) is 73.7 Å². The van der Waals surface area contributed by atoms with Crippen molar-refractivity contribution in [3.8, 4) is 0 Å². The van der Waals surface area contributed by atoms with E-state index < -0.39 is 5.97 Å². The van der Waals surface area contributed by atoms with E-state index in [4.69, 9.17) is 4.84 Å². The Bertz CT molecular complexity index is 1410. The second-order valence-corrected chi connectivity index (χ2v) is 9.65. The van der Waals surface area contributed by atoms with Crippen LogP contribution in [0.2, 0.25) is 0 Å². The molecule has 5 rings (SSSR count). The topological polar surface area (TPSA) is 60.7 Å². The van der Waals surface area contributed by atoms with Gasteiger partial charge in [0.05, 0.1) is 5.56 Å². The van der Waals surface area contributed by atoms with Crippen LogP contribution in [0.4, 0.5) is 0 Å². The Morgan fingerprint density at radius 3 is 2.36 bits per heavy atom. The van der Waals surface area contributed by atoms with Crippen molar-refractivity contribution in [2.45, 2.75) is 58.4 Å². The highest BCUT2D eigenvalue weighted by Gasteiger charge is 2.21. The molecule has 4 aromatic rings. The average molecular weight is 481 g/mol. The van der Waals surface area contributed by atoms with E-state index in [0.717, 1.165) is 34.8 Å². The number of benzene rings is 3. The summed E-state index contributed by atoms with van der Waals surface area (Å²) in [6, 6.07) is 22.9. The van der Waals surface area contributed by atoms with Crippen LogP contribution in [0.15, 0.2) is 78.0 Å². The standard InChI is InChI=1S/C31H32N2O3/c1-2-33-28-16-10-9-15-25(28)26-21-24(18-20-29(26)33)30(34)27(19-17-22-11-5-3-6-12-22)32-36-31(35)23-13-7-4-8-14-23/h4,7-10,13-16,18,20-22H,2-3,5-6,11-12,17,19H2,1H3/b32-27+. The number of aromatic nitrogens is 1. The molecule has 0 amide bonds. The zero-order chi connectivity index (χ0) is 24.9. The summed E-state index contributed by atoms with van der Waals surface area (Å²) in [6.45, 7) is 2.98. The van der Waals surface area contributed by atoms with Crippen LogP contribution in [0.1, 0.15) is 72.6 Å². The van der Waals surface area contributed by atoms with E-state index in [-0.39, 0.29) is 5.78 Å². The fourth-order valence-electron chi connectivity index (χ4n) is 5.44. The first-order valence-electron chi connectivity index (χ1n) is 13.0. The second kappa shape index (κ2) is 10.9. The fraction of sp³-hybridized carbons (Fsp3) is 0.323. The Morgan fingerprint density at radius 1 is 0.861 bits per heavy atom. The molecule has 1 aliphatic carbocycles. The molecule has 0 saturated heterocycles. The van der Waals surface area contributed by atoms with Gasteiger partial charge < -0.3 is 9.40 Å². The molecule has 0 aliphatic heterocycles. The van der Waals surface area contributed by atoms with Crippen LogP contribution in [0.5, 0.6) is 0 Å². The van der Waals surface area contributed by atoms with Crippen LogP contribution < -0.4 is 0 Å². The average Bonchev–Trinajstić information content (AvgIpc) is 3.26. The second-order valence-electron chi connectivity index (χ2n) is 9.65. The maximum absolute atomic E-state index is 13.7. The van der Waals surface area contributed by atoms with E-state index in [1.165, 1.54) is 32.1 Å². The van der Waals surface area contributed by atoms with Crippen LogP contribution in [0, 0.1) is 5.92 Å². The molecule has 36 heavy (non-hydrogen) atoms. The van der Waals surface area contributed by atoms with Crippen LogP contribution in [0.3, 0.4) is 0 Å². The summed E-state index contributed by atoms with van der Waals surface area (Å²) in [5.41, 5.74) is 3.55. The number of nitrogens with zero attached hydrogens (tertiary/aromatic N) is 2. The van der Waals surface area contributed by atoms with E-state index >= 15 is 0 Å². The third kappa shape index (κ3) is 4.97. The Kier molecular flexibility index (Phi) is 7.26. The van der Waals surface area contributed by atoms with Gasteiger partial charge >= 0.3 is 5.97 Å². The number of ketones is 1. The molecule has 1 saturated carbocycles. The summed E-state index contributed by atoms with van der Waals surface area (Å²) < 4.78 is 2.26. The molecule has 1 aromatic heterocycles. The molecule has 1 heterocycles. The lowest BCUT2D eigenvalue weighted by Gasteiger charge is -2.21. The Balaban J connectivity index is 1.45. The third-order valence-electron chi connectivity index (χ3n) is 7.38. The number of oxime groups is 1. The molecular formula is C31H32N2O3. The molecule has 0 radical (unpaired) electrons. The Hall–Kier alpha value is -3.73. The van der Waals surface area contributed by atoms with Gasteiger partial charge in [-0.2, -0.15) is 0 Å². The number of hydrogen-bond acceptors (Lipinski definition) is 4. The quantitative estimate of drug-likeness (QED) is 0.113. The van der Waals surface area contributed by atoms with Crippen LogP contribution >= 0.6 is 0 Å². The van der Waals surface area contributed by atoms with Crippen molar-refractivity contribution in [2.24, 2.45) is 11.1 Å². The number of hydrogen-bond donors (Lipinski definition) is 0. The summed E-state index contributed by atoms with van der Waals surface area (Å²) >= 11 is 0. The predicted molar refractivity (Wildman–Crippen MR) is 145 cm³/mol. The van der Waals surface area contributed by atoms with E-state index in [0.29, 0.717) is 29.2 Å². The van der Waals surface area contributed by atoms with Crippen LogP contribution in [-0.4, -0.2) is 22.0 Å². The molecular weight excluding hydrogens is 448 g/mol. The molecule has 3 aromatic carbocycles. The molecule has 184 valence electrons. The van der Waals surface area contributed by atoms with E-state index in [9.17, 15) is 9.59 Å². The molecule has 1 fully saturated rings. The number of fused-ring (bicyclic) bond motifs is 3. The fourth-order valence-corrected chi connectivity index (χ4v) is 5.44. The van der Waals surface area contributed by atoms with Gasteiger partial charge in [-0.15, -0.1) is 0 Å². The van der Waals surface area contributed by atoms with Gasteiger partial charge in [-0.05, 0) is 62.1 Å². The van der Waals surface area contributed by atoms with Crippen molar-refractivity contribution in [1.29, 1.82) is 0 Å². The summed E-state index contributed by atoms with van der Waals surface area (Å²) in [5, 5.41) is 6.31. The molecule has 5 heteroatoms. The maximum atomic E-state index is 13.7. The van der Waals surface area contributed by atoms with E-state index in [1.807, 2.05) is 36.4 Å². The molecule has 5 nitrogen and oxygen atoms in total. The smallest absolute Gasteiger partial charge is 0.341 e. The van der Waals surface area contributed by atoms with Gasteiger partial charge in [0.2, 0.25) is 5.78 Å². The first kappa shape index (κ1) is 24.0. The first-order chi connectivity index (χ1) is 17.7. The van der Waals surface area contributed by atoms with Gasteiger partial charge in [0.15, 0.2) is 0 Å². The molecule has 1 aliphatic rings. The number of para-hydroxylation sites is 1. The van der Waals surface area contributed by atoms with E-state index in [1.54, 1.807) is 24.3 Å². The van der Waals surface area contributed by atoms with Gasteiger partial charge in [0.25, 0.3) is 0 Å². The Labute approximate surface area is 211 Å². The minimum Gasteiger partial charge on any atom is -0.341 e. The molecule has 0 bridgehead atoms. The molecule has 0 unspecified atom stereocenters. The van der Waals surface area contributed by atoms with Crippen LogP contribution in [-0.2, 0) is 11.4 Å². The van der Waals surface area contributed by atoms with Crippen molar-refractivity contribution < 1.29 is 14.4 Å². The highest BCUT2D eigenvalue weighted by molar-refractivity contribution is 6.46. The SMILES string of the molecule is CCn1c2ccccc2c2cc(C(=O)/C(CCC3CCCCC3)=N/OC(=O)c3ccccc3)ccc21. The van der Waals surface area contributed by atoms with Crippen molar-refractivity contribution in [3.63, 3.8) is 0 Å². The third-order valence-corrected chi connectivity index (χ3v) is 7.38.